The average molecular weight is 1330 g/mol. The molecule has 0 saturated carbocycles. The van der Waals surface area contributed by atoms with E-state index in [1.807, 2.05) is 0 Å². The van der Waals surface area contributed by atoms with Gasteiger partial charge in [0.25, 0.3) is 0 Å². The van der Waals surface area contributed by atoms with E-state index in [-0.39, 0.29) is 63.4 Å². The number of benzene rings is 1. The predicted molar refractivity (Wildman–Crippen MR) is 336 cm³/mol. The van der Waals surface area contributed by atoms with E-state index in [9.17, 15) is 81.8 Å². The molecule has 524 valence electrons. The molecule has 12 atom stereocenters. The van der Waals surface area contributed by atoms with Crippen LogP contribution >= 0.6 is 0 Å². The minimum atomic E-state index is -1.59. The van der Waals surface area contributed by atoms with Crippen molar-refractivity contribution in [2.24, 2.45) is 45.5 Å². The second-order valence-corrected chi connectivity index (χ2v) is 22.8. The molecule has 24 N–H and O–H groups in total. The molecule has 0 aliphatic rings. The molecule has 36 heteroatoms. The van der Waals surface area contributed by atoms with Crippen molar-refractivity contribution < 1.29 is 86.9 Å². The molecule has 0 aliphatic carbocycles. The number of nitrogens with two attached hydrogens (primary N) is 5. The molecule has 0 unspecified atom stereocenters. The SMILES string of the molecule is CC[C@H](C)[C@H](NC(=O)[C@H](C)NC(=O)CNC(=O)[C@H](CCCN=C(N)N)NC(=O)[C@H](C)NC(=O)CNC(=O)[C@H](CCC(=O)O)NC(=O)[C@H](CC(C)C)NC(=O)[C@H](C)NC(=O)[C@@H](N)CCC(=O)O)C(=O)N[C@@H](Cc1ccccc1)C(=O)N[C@@H](CCC(N)=O)C(=O)N[C@@H](C)C(N)=O. The zero-order valence-electron chi connectivity index (χ0n) is 54.1. The largest absolute Gasteiger partial charge is 0.481 e. The van der Waals surface area contributed by atoms with E-state index in [0.29, 0.717) is 12.0 Å². The van der Waals surface area contributed by atoms with Crippen LogP contribution in [0.2, 0.25) is 0 Å². The molecule has 0 aromatic heterocycles. The van der Waals surface area contributed by atoms with E-state index in [4.69, 9.17) is 33.8 Å². The summed E-state index contributed by atoms with van der Waals surface area (Å²) < 4.78 is 0. The standard InChI is InChI=1S/C58H94N18O18/c1-9-29(4)46(57(94)75-40(25-34-14-11-10-12-15-34)56(93)73-38(18-20-41(60)77)54(91)69-30(5)47(61)84)76-50(87)32(7)68-43(79)26-65-52(89)36(16-13-23-64-58(62)63)71-48(85)31(6)67-42(78)27-66-53(90)37(19-22-45(82)83)72-55(92)39(24-28(2)3)74-49(86)33(8)70-51(88)35(59)17-21-44(80)81/h10-12,14-15,28-33,35-40,46H,9,13,16-27,59H2,1-8H3,(H2,60,77)(H2,61,84)(H,65,89)(H,66,90)(H,67,78)(H,68,79)(H,69,91)(H,70,88)(H,71,85)(H,72,92)(H,73,93)(H,74,86)(H,75,94)(H,76,87)(H,80,81)(H,82,83)(H4,62,63,64)/t29-,30-,31-,32-,33-,35-,36-,37-,38-,39-,40-,46-/m0/s1. The maximum Gasteiger partial charge on any atom is 0.303 e. The number of rotatable bonds is 44. The van der Waals surface area contributed by atoms with Crippen LogP contribution in [0.4, 0.5) is 0 Å². The summed E-state index contributed by atoms with van der Waals surface area (Å²) in [6, 6.07) is -6.48. The van der Waals surface area contributed by atoms with E-state index in [1.165, 1.54) is 27.7 Å². The highest BCUT2D eigenvalue weighted by Crippen LogP contribution is 2.13. The lowest BCUT2D eigenvalue weighted by Gasteiger charge is -2.28. The van der Waals surface area contributed by atoms with Gasteiger partial charge in [-0.2, -0.15) is 0 Å². The number of hydrogen-bond donors (Lipinski definition) is 19. The fraction of sp³-hybridized carbons (Fsp3) is 0.603. The summed E-state index contributed by atoms with van der Waals surface area (Å²) in [7, 11) is 0. The van der Waals surface area contributed by atoms with E-state index in [2.05, 4.69) is 68.8 Å². The lowest BCUT2D eigenvalue weighted by atomic mass is 9.96. The fourth-order valence-electron chi connectivity index (χ4n) is 8.48. The van der Waals surface area contributed by atoms with Crippen molar-refractivity contribution in [2.45, 2.75) is 192 Å². The van der Waals surface area contributed by atoms with Crippen molar-refractivity contribution in [1.82, 2.24) is 63.8 Å². The van der Waals surface area contributed by atoms with Crippen molar-refractivity contribution in [3.63, 3.8) is 0 Å². The summed E-state index contributed by atoms with van der Waals surface area (Å²) in [5, 5.41) is 47.4. The molecule has 0 aliphatic heterocycles. The van der Waals surface area contributed by atoms with Crippen molar-refractivity contribution in [2.75, 3.05) is 19.6 Å². The van der Waals surface area contributed by atoms with Crippen molar-refractivity contribution in [1.29, 1.82) is 0 Å². The molecule has 94 heavy (non-hydrogen) atoms. The number of hydrogen-bond acceptors (Lipinski definition) is 18. The zero-order chi connectivity index (χ0) is 71.5. The van der Waals surface area contributed by atoms with Crippen LogP contribution in [0.3, 0.4) is 0 Å². The Morgan fingerprint density at radius 3 is 1.37 bits per heavy atom. The summed E-state index contributed by atoms with van der Waals surface area (Å²) in [6.07, 6.45) is -2.24. The normalized spacial score (nSPS) is 14.7. The lowest BCUT2D eigenvalue weighted by Crippen LogP contribution is -2.60. The predicted octanol–water partition coefficient (Wildman–Crippen LogP) is -6.66. The monoisotopic (exact) mass is 1330 g/mol. The Labute approximate surface area is 543 Å². The third kappa shape index (κ3) is 32.8. The Kier molecular flexibility index (Phi) is 36.8. The first-order valence-electron chi connectivity index (χ1n) is 30.4. The van der Waals surface area contributed by atoms with Crippen molar-refractivity contribution in [3.8, 4) is 0 Å². The summed E-state index contributed by atoms with van der Waals surface area (Å²) >= 11 is 0. The van der Waals surface area contributed by atoms with Gasteiger partial charge in [0.15, 0.2) is 5.96 Å². The summed E-state index contributed by atoms with van der Waals surface area (Å²) in [5.74, 6) is -16.2. The Morgan fingerprint density at radius 2 is 0.883 bits per heavy atom. The van der Waals surface area contributed by atoms with Gasteiger partial charge in [-0.1, -0.05) is 64.4 Å². The quantitative estimate of drug-likeness (QED) is 0.0164. The number of aliphatic carboxylic acids is 2. The first kappa shape index (κ1) is 82.0. The number of primary amides is 2. The highest BCUT2D eigenvalue weighted by molar-refractivity contribution is 5.99. The molecule has 0 fully saturated rings. The van der Waals surface area contributed by atoms with Crippen molar-refractivity contribution in [3.05, 3.63) is 35.9 Å². The van der Waals surface area contributed by atoms with Gasteiger partial charge in [-0.15, -0.1) is 0 Å². The molecule has 1 aromatic carbocycles. The number of carboxylic acids is 2. The van der Waals surface area contributed by atoms with E-state index in [0.717, 1.165) is 0 Å². The first-order valence-corrected chi connectivity index (χ1v) is 30.4. The molecular weight excluding hydrogens is 1240 g/mol. The third-order valence-corrected chi connectivity index (χ3v) is 14.2. The Morgan fingerprint density at radius 1 is 0.457 bits per heavy atom. The number of aliphatic imine (C=N–C) groups is 1. The third-order valence-electron chi connectivity index (χ3n) is 14.2. The van der Waals surface area contributed by atoms with Crippen LogP contribution in [0, 0.1) is 11.8 Å². The maximum absolute atomic E-state index is 14.1. The smallest absolute Gasteiger partial charge is 0.303 e. The highest BCUT2D eigenvalue weighted by Gasteiger charge is 2.35. The summed E-state index contributed by atoms with van der Waals surface area (Å²) in [5.41, 5.74) is 27.8. The number of amides is 14. The number of carbonyl (C=O) groups excluding carboxylic acids is 14. The van der Waals surface area contributed by atoms with Gasteiger partial charge >= 0.3 is 11.9 Å². The number of carboxylic acid groups (broad SMARTS) is 2. The molecule has 1 rings (SSSR count). The van der Waals surface area contributed by atoms with Gasteiger partial charge in [-0.3, -0.25) is 81.7 Å². The number of nitrogens with zero attached hydrogens (tertiary/aromatic N) is 1. The van der Waals surface area contributed by atoms with Gasteiger partial charge in [-0.05, 0) is 83.6 Å². The van der Waals surface area contributed by atoms with Crippen molar-refractivity contribution >= 4 is 101 Å². The van der Waals surface area contributed by atoms with Crippen LogP contribution in [0.25, 0.3) is 0 Å². The molecule has 0 radical (unpaired) electrons. The Bertz CT molecular complexity index is 2860. The van der Waals surface area contributed by atoms with Gasteiger partial charge in [0, 0.05) is 32.2 Å². The fourth-order valence-corrected chi connectivity index (χ4v) is 8.48. The minimum Gasteiger partial charge on any atom is -0.481 e. The van der Waals surface area contributed by atoms with Crippen LogP contribution in [0.5, 0.6) is 0 Å². The molecule has 14 amide bonds. The van der Waals surface area contributed by atoms with Gasteiger partial charge in [-0.25, -0.2) is 0 Å². The van der Waals surface area contributed by atoms with Crippen LogP contribution in [-0.4, -0.2) is 197 Å². The molecule has 1 aromatic rings. The molecule has 36 nitrogen and oxygen atoms in total. The molecule has 0 bridgehead atoms. The zero-order valence-corrected chi connectivity index (χ0v) is 54.1. The molecular formula is C58H94N18O18. The van der Waals surface area contributed by atoms with E-state index >= 15 is 0 Å². The van der Waals surface area contributed by atoms with E-state index in [1.54, 1.807) is 58.0 Å². The van der Waals surface area contributed by atoms with Crippen LogP contribution < -0.4 is 92.5 Å². The Balaban J connectivity index is 3.17. The summed E-state index contributed by atoms with van der Waals surface area (Å²) in [6.45, 7) is 10.3. The highest BCUT2D eigenvalue weighted by atomic mass is 16.4. The lowest BCUT2D eigenvalue weighted by molar-refractivity contribution is -0.139. The van der Waals surface area contributed by atoms with Gasteiger partial charge in [0.2, 0.25) is 82.7 Å². The maximum atomic E-state index is 14.1. The second-order valence-electron chi connectivity index (χ2n) is 22.8. The van der Waals surface area contributed by atoms with Gasteiger partial charge in [0.05, 0.1) is 19.1 Å². The topological polar surface area (TPSA) is 600 Å². The number of guanidine groups is 1. The summed E-state index contributed by atoms with van der Waals surface area (Å²) in [4.78, 5) is 211. The minimum absolute atomic E-state index is 0.00342. The first-order chi connectivity index (χ1) is 43.9. The van der Waals surface area contributed by atoms with Crippen LogP contribution in [0.15, 0.2) is 35.3 Å². The van der Waals surface area contributed by atoms with E-state index < -0.39 is 199 Å². The Hall–Kier alpha value is -10.0. The molecule has 0 saturated heterocycles. The van der Waals surface area contributed by atoms with Gasteiger partial charge in [0.1, 0.15) is 60.4 Å². The number of carbonyl (C=O) groups is 16. The van der Waals surface area contributed by atoms with Crippen LogP contribution in [-0.2, 0) is 83.1 Å². The average Bonchev–Trinajstić information content (AvgIpc) is 0.922. The van der Waals surface area contributed by atoms with Gasteiger partial charge < -0.3 is 103 Å². The van der Waals surface area contributed by atoms with Crippen LogP contribution in [0.1, 0.15) is 125 Å². The number of nitrogens with one attached hydrogen (secondary N) is 12. The second kappa shape index (κ2) is 42.2. The molecule has 0 heterocycles. The molecule has 0 spiro atoms.